The minimum atomic E-state index is 1.00. The molecule has 2 heteroatoms. The van der Waals surface area contributed by atoms with Crippen molar-refractivity contribution < 1.29 is 0 Å². The number of nitrogens with zero attached hydrogens (tertiary/aromatic N) is 2. The number of rotatable bonds is 1. The summed E-state index contributed by atoms with van der Waals surface area (Å²) in [6.45, 7) is 1.00. The van der Waals surface area contributed by atoms with E-state index in [9.17, 15) is 0 Å². The van der Waals surface area contributed by atoms with Gasteiger partial charge >= 0.3 is 0 Å². The van der Waals surface area contributed by atoms with Crippen LogP contribution in [0.2, 0.25) is 0 Å². The van der Waals surface area contributed by atoms with E-state index in [0.717, 1.165) is 6.54 Å². The number of hydrogen-bond donors (Lipinski definition) is 0. The van der Waals surface area contributed by atoms with Gasteiger partial charge in [-0.2, -0.15) is 0 Å². The van der Waals surface area contributed by atoms with Crippen LogP contribution in [0.15, 0.2) is 36.4 Å². The standard InChI is InChI=1S/C11H14N2/c1-12-9-8-11(13(12)2)10-6-4-3-5-7-10/h3-8H,9H2,1-2H3. The maximum Gasteiger partial charge on any atom is 0.0564 e. The fraction of sp³-hybridized carbons (Fsp3) is 0.273. The zero-order valence-corrected chi connectivity index (χ0v) is 8.07. The normalized spacial score (nSPS) is 17.7. The number of benzene rings is 1. The predicted octanol–water partition coefficient (Wildman–Crippen LogP) is 1.82. The summed E-state index contributed by atoms with van der Waals surface area (Å²) in [6, 6.07) is 10.5. The Morgan fingerprint density at radius 2 is 1.77 bits per heavy atom. The first-order valence-corrected chi connectivity index (χ1v) is 4.49. The zero-order chi connectivity index (χ0) is 9.26. The number of likely N-dealkylation sites (N-methyl/N-ethyl adjacent to an activating group) is 1. The van der Waals surface area contributed by atoms with Crippen molar-refractivity contribution in [3.05, 3.63) is 42.0 Å². The number of hydrazine groups is 1. The second-order valence-electron chi connectivity index (χ2n) is 3.32. The van der Waals surface area contributed by atoms with E-state index in [-0.39, 0.29) is 0 Å². The smallest absolute Gasteiger partial charge is 0.0564 e. The molecule has 0 atom stereocenters. The van der Waals surface area contributed by atoms with Gasteiger partial charge < -0.3 is 5.01 Å². The van der Waals surface area contributed by atoms with Gasteiger partial charge in [0, 0.05) is 20.6 Å². The Labute approximate surface area is 79.1 Å². The van der Waals surface area contributed by atoms with Crippen LogP contribution in [0.3, 0.4) is 0 Å². The van der Waals surface area contributed by atoms with Crippen LogP contribution < -0.4 is 0 Å². The molecular formula is C11H14N2. The average molecular weight is 174 g/mol. The second-order valence-corrected chi connectivity index (χ2v) is 3.32. The summed E-state index contributed by atoms with van der Waals surface area (Å²) in [5.74, 6) is 0. The van der Waals surface area contributed by atoms with Gasteiger partial charge in [0.2, 0.25) is 0 Å². The van der Waals surface area contributed by atoms with E-state index < -0.39 is 0 Å². The highest BCUT2D eigenvalue weighted by Gasteiger charge is 2.16. The van der Waals surface area contributed by atoms with Gasteiger partial charge in [0.1, 0.15) is 0 Å². The number of hydrogen-bond acceptors (Lipinski definition) is 2. The maximum absolute atomic E-state index is 2.25. The molecule has 1 aliphatic heterocycles. The van der Waals surface area contributed by atoms with Crippen molar-refractivity contribution in [1.29, 1.82) is 0 Å². The van der Waals surface area contributed by atoms with E-state index >= 15 is 0 Å². The largest absolute Gasteiger partial charge is 0.309 e. The molecule has 0 saturated heterocycles. The third-order valence-electron chi connectivity index (χ3n) is 2.48. The topological polar surface area (TPSA) is 6.48 Å². The van der Waals surface area contributed by atoms with Gasteiger partial charge in [-0.15, -0.1) is 0 Å². The minimum Gasteiger partial charge on any atom is -0.309 e. The summed E-state index contributed by atoms with van der Waals surface area (Å²) in [5, 5.41) is 4.36. The molecule has 2 nitrogen and oxygen atoms in total. The summed E-state index contributed by atoms with van der Waals surface area (Å²) in [7, 11) is 4.18. The summed E-state index contributed by atoms with van der Waals surface area (Å²) in [4.78, 5) is 0. The van der Waals surface area contributed by atoms with E-state index in [2.05, 4.69) is 54.5 Å². The first-order valence-electron chi connectivity index (χ1n) is 4.49. The maximum atomic E-state index is 2.25. The molecule has 0 N–H and O–H groups in total. The molecule has 0 spiro atoms. The zero-order valence-electron chi connectivity index (χ0n) is 8.07. The lowest BCUT2D eigenvalue weighted by atomic mass is 10.1. The Bertz CT molecular complexity index is 316. The quantitative estimate of drug-likeness (QED) is 0.640. The second kappa shape index (κ2) is 3.23. The van der Waals surface area contributed by atoms with Crippen molar-refractivity contribution in [3.63, 3.8) is 0 Å². The first-order chi connectivity index (χ1) is 6.29. The molecule has 1 aromatic carbocycles. The van der Waals surface area contributed by atoms with Crippen molar-refractivity contribution in [2.75, 3.05) is 20.6 Å². The lowest BCUT2D eigenvalue weighted by molar-refractivity contribution is 0.128. The van der Waals surface area contributed by atoms with E-state index in [0.29, 0.717) is 0 Å². The Balaban J connectivity index is 2.29. The fourth-order valence-electron chi connectivity index (χ4n) is 1.57. The molecule has 0 bridgehead atoms. The lowest BCUT2D eigenvalue weighted by Crippen LogP contribution is -2.29. The highest BCUT2D eigenvalue weighted by atomic mass is 15.6. The predicted molar refractivity (Wildman–Crippen MR) is 54.8 cm³/mol. The third-order valence-corrected chi connectivity index (χ3v) is 2.48. The van der Waals surface area contributed by atoms with E-state index in [1.807, 2.05) is 6.07 Å². The molecular weight excluding hydrogens is 160 g/mol. The average Bonchev–Trinajstić information content (AvgIpc) is 2.49. The Hall–Kier alpha value is -1.28. The molecule has 0 aromatic heterocycles. The summed E-state index contributed by atoms with van der Waals surface area (Å²) in [5.41, 5.74) is 2.58. The van der Waals surface area contributed by atoms with Crippen LogP contribution in [-0.4, -0.2) is 30.7 Å². The molecule has 0 fully saturated rings. The summed E-state index contributed by atoms with van der Waals surface area (Å²) < 4.78 is 0. The first kappa shape index (κ1) is 8.32. The van der Waals surface area contributed by atoms with Crippen LogP contribution in [0.4, 0.5) is 0 Å². The van der Waals surface area contributed by atoms with Crippen LogP contribution in [0.1, 0.15) is 5.56 Å². The van der Waals surface area contributed by atoms with Crippen LogP contribution in [0.5, 0.6) is 0 Å². The molecule has 1 aromatic rings. The van der Waals surface area contributed by atoms with Crippen molar-refractivity contribution >= 4 is 5.70 Å². The molecule has 0 aliphatic carbocycles. The van der Waals surface area contributed by atoms with Crippen LogP contribution in [0.25, 0.3) is 5.70 Å². The van der Waals surface area contributed by atoms with Gasteiger partial charge in [0.25, 0.3) is 0 Å². The van der Waals surface area contributed by atoms with Crippen molar-refractivity contribution in [3.8, 4) is 0 Å². The van der Waals surface area contributed by atoms with Gasteiger partial charge in [-0.3, -0.25) is 0 Å². The molecule has 0 saturated carbocycles. The highest BCUT2D eigenvalue weighted by molar-refractivity contribution is 5.65. The van der Waals surface area contributed by atoms with Gasteiger partial charge in [0.15, 0.2) is 0 Å². The van der Waals surface area contributed by atoms with Gasteiger partial charge in [0.05, 0.1) is 5.70 Å². The minimum absolute atomic E-state index is 1.00. The summed E-state index contributed by atoms with van der Waals surface area (Å²) >= 11 is 0. The molecule has 0 amide bonds. The van der Waals surface area contributed by atoms with Gasteiger partial charge in [-0.25, -0.2) is 5.01 Å². The Morgan fingerprint density at radius 1 is 1.08 bits per heavy atom. The van der Waals surface area contributed by atoms with Crippen LogP contribution in [0, 0.1) is 0 Å². The van der Waals surface area contributed by atoms with Crippen molar-refractivity contribution in [2.45, 2.75) is 0 Å². The van der Waals surface area contributed by atoms with E-state index in [1.165, 1.54) is 11.3 Å². The highest BCUT2D eigenvalue weighted by Crippen LogP contribution is 2.22. The fourth-order valence-corrected chi connectivity index (χ4v) is 1.57. The van der Waals surface area contributed by atoms with Crippen LogP contribution in [-0.2, 0) is 0 Å². The summed E-state index contributed by atoms with van der Waals surface area (Å²) in [6.07, 6.45) is 2.25. The lowest BCUT2D eigenvalue weighted by Gasteiger charge is -2.24. The molecule has 13 heavy (non-hydrogen) atoms. The molecule has 68 valence electrons. The third kappa shape index (κ3) is 1.45. The van der Waals surface area contributed by atoms with Crippen molar-refractivity contribution in [1.82, 2.24) is 10.0 Å². The molecule has 1 aliphatic rings. The van der Waals surface area contributed by atoms with Gasteiger partial charge in [-0.05, 0) is 11.6 Å². The monoisotopic (exact) mass is 174 g/mol. The van der Waals surface area contributed by atoms with Crippen LogP contribution >= 0.6 is 0 Å². The molecule has 0 unspecified atom stereocenters. The SMILES string of the molecule is CN1CC=C(c2ccccc2)N1C. The Kier molecular flexibility index (Phi) is 2.07. The molecule has 1 heterocycles. The van der Waals surface area contributed by atoms with E-state index in [4.69, 9.17) is 0 Å². The van der Waals surface area contributed by atoms with Gasteiger partial charge in [-0.1, -0.05) is 30.3 Å². The van der Waals surface area contributed by atoms with Crippen molar-refractivity contribution in [2.24, 2.45) is 0 Å². The molecule has 2 rings (SSSR count). The Morgan fingerprint density at radius 3 is 2.31 bits per heavy atom. The van der Waals surface area contributed by atoms with E-state index in [1.54, 1.807) is 0 Å². The molecule has 0 radical (unpaired) electrons.